The van der Waals surface area contributed by atoms with E-state index in [1.807, 2.05) is 25.1 Å². The molecule has 0 bridgehead atoms. The molecule has 0 spiro atoms. The molecule has 4 rings (SSSR count). The van der Waals surface area contributed by atoms with Gasteiger partial charge in [0, 0.05) is 29.3 Å². The first kappa shape index (κ1) is 19.7. The Morgan fingerprint density at radius 3 is 2.66 bits per heavy atom. The van der Waals surface area contributed by atoms with Crippen molar-refractivity contribution in [3.63, 3.8) is 0 Å². The zero-order chi connectivity index (χ0) is 20.8. The summed E-state index contributed by atoms with van der Waals surface area (Å²) in [5, 5.41) is 0. The van der Waals surface area contributed by atoms with Gasteiger partial charge in [-0.3, -0.25) is 14.6 Å². The summed E-state index contributed by atoms with van der Waals surface area (Å²) < 4.78 is 16.7. The van der Waals surface area contributed by atoms with Gasteiger partial charge in [0.15, 0.2) is 17.3 Å². The highest BCUT2D eigenvalue weighted by Gasteiger charge is 2.46. The van der Waals surface area contributed by atoms with Crippen LogP contribution >= 0.6 is 0 Å². The molecule has 0 aromatic heterocycles. The SMILES string of the molecule is CCOC(=O)C1C(C)=NC2=C(C(=O)CC(C)(C)C2)[C@H]1c1ccc2c(c1)OCCO2. The van der Waals surface area contributed by atoms with Crippen LogP contribution in [0.5, 0.6) is 11.5 Å². The van der Waals surface area contributed by atoms with E-state index in [0.29, 0.717) is 48.8 Å². The molecular formula is C23H27NO5. The number of nitrogens with zero attached hydrogens (tertiary/aromatic N) is 1. The molecule has 0 amide bonds. The van der Waals surface area contributed by atoms with Gasteiger partial charge in [-0.15, -0.1) is 0 Å². The third-order valence-corrected chi connectivity index (χ3v) is 5.77. The van der Waals surface area contributed by atoms with Crippen molar-refractivity contribution in [3.05, 3.63) is 35.0 Å². The van der Waals surface area contributed by atoms with Crippen molar-refractivity contribution in [1.82, 2.24) is 0 Å². The Bertz CT molecular complexity index is 927. The minimum Gasteiger partial charge on any atom is -0.486 e. The fraction of sp³-hybridized carbons (Fsp3) is 0.522. The minimum absolute atomic E-state index is 0.0571. The molecule has 6 nitrogen and oxygen atoms in total. The molecule has 154 valence electrons. The van der Waals surface area contributed by atoms with Crippen molar-refractivity contribution >= 4 is 17.5 Å². The maximum absolute atomic E-state index is 13.2. The zero-order valence-electron chi connectivity index (χ0n) is 17.4. The number of hydrogen-bond donors (Lipinski definition) is 0. The molecule has 3 aliphatic rings. The Kier molecular flexibility index (Phi) is 4.97. The second-order valence-corrected chi connectivity index (χ2v) is 8.66. The van der Waals surface area contributed by atoms with E-state index < -0.39 is 11.8 Å². The van der Waals surface area contributed by atoms with Crippen LogP contribution in [0.4, 0.5) is 0 Å². The monoisotopic (exact) mass is 397 g/mol. The maximum atomic E-state index is 13.2. The third kappa shape index (κ3) is 3.56. The minimum atomic E-state index is -0.624. The Morgan fingerprint density at radius 1 is 1.21 bits per heavy atom. The van der Waals surface area contributed by atoms with E-state index in [2.05, 4.69) is 13.8 Å². The molecule has 1 unspecified atom stereocenters. The highest BCUT2D eigenvalue weighted by molar-refractivity contribution is 6.09. The van der Waals surface area contributed by atoms with Gasteiger partial charge in [-0.05, 0) is 43.4 Å². The summed E-state index contributed by atoms with van der Waals surface area (Å²) in [6, 6.07) is 5.66. The second kappa shape index (κ2) is 7.32. The van der Waals surface area contributed by atoms with Gasteiger partial charge in [0.25, 0.3) is 0 Å². The molecule has 1 aromatic rings. The lowest BCUT2D eigenvalue weighted by Crippen LogP contribution is -2.39. The van der Waals surface area contributed by atoms with Crippen LogP contribution in [0.25, 0.3) is 0 Å². The summed E-state index contributed by atoms with van der Waals surface area (Å²) in [6.07, 6.45) is 1.15. The number of allylic oxidation sites excluding steroid dienone is 2. The van der Waals surface area contributed by atoms with E-state index in [9.17, 15) is 9.59 Å². The number of ether oxygens (including phenoxy) is 3. The van der Waals surface area contributed by atoms with Gasteiger partial charge < -0.3 is 14.2 Å². The first-order valence-corrected chi connectivity index (χ1v) is 10.2. The fourth-order valence-electron chi connectivity index (χ4n) is 4.60. The largest absolute Gasteiger partial charge is 0.486 e. The molecule has 2 aliphatic heterocycles. The van der Waals surface area contributed by atoms with Crippen LogP contribution in [0.3, 0.4) is 0 Å². The lowest BCUT2D eigenvalue weighted by Gasteiger charge is -2.39. The molecular weight excluding hydrogens is 370 g/mol. The van der Waals surface area contributed by atoms with Gasteiger partial charge in [-0.25, -0.2) is 0 Å². The average molecular weight is 397 g/mol. The molecule has 0 N–H and O–H groups in total. The summed E-state index contributed by atoms with van der Waals surface area (Å²) in [5.74, 6) is -0.0247. The number of Topliss-reactive ketones (excluding diaryl/α,β-unsaturated/α-hetero) is 1. The summed E-state index contributed by atoms with van der Waals surface area (Å²) >= 11 is 0. The smallest absolute Gasteiger partial charge is 0.315 e. The molecule has 2 heterocycles. The first-order chi connectivity index (χ1) is 13.8. The number of aliphatic imine (C=N–C) groups is 1. The Morgan fingerprint density at radius 2 is 1.93 bits per heavy atom. The van der Waals surface area contributed by atoms with Crippen LogP contribution in [0.2, 0.25) is 0 Å². The van der Waals surface area contributed by atoms with Gasteiger partial charge in [0.05, 0.1) is 6.61 Å². The molecule has 6 heteroatoms. The lowest BCUT2D eigenvalue weighted by atomic mass is 9.67. The van der Waals surface area contributed by atoms with E-state index in [-0.39, 0.29) is 23.8 Å². The summed E-state index contributed by atoms with van der Waals surface area (Å²) in [7, 11) is 0. The van der Waals surface area contributed by atoms with Crippen LogP contribution in [-0.4, -0.2) is 37.3 Å². The van der Waals surface area contributed by atoms with E-state index in [4.69, 9.17) is 19.2 Å². The number of benzene rings is 1. The number of rotatable bonds is 3. The first-order valence-electron chi connectivity index (χ1n) is 10.2. The third-order valence-electron chi connectivity index (χ3n) is 5.77. The van der Waals surface area contributed by atoms with E-state index in [1.54, 1.807) is 6.92 Å². The number of fused-ring (bicyclic) bond motifs is 1. The maximum Gasteiger partial charge on any atom is 0.315 e. The predicted octanol–water partition coefficient (Wildman–Crippen LogP) is 3.84. The van der Waals surface area contributed by atoms with Gasteiger partial charge in [0.1, 0.15) is 19.1 Å². The molecule has 0 radical (unpaired) electrons. The summed E-state index contributed by atoms with van der Waals surface area (Å²) in [4.78, 5) is 30.8. The van der Waals surface area contributed by atoms with Crippen molar-refractivity contribution in [2.45, 2.75) is 46.5 Å². The highest BCUT2D eigenvalue weighted by Crippen LogP contribution is 2.49. The number of carbonyl (C=O) groups is 2. The number of carbonyl (C=O) groups excluding carboxylic acids is 2. The van der Waals surface area contributed by atoms with E-state index in [1.165, 1.54) is 0 Å². The fourth-order valence-corrected chi connectivity index (χ4v) is 4.60. The molecule has 1 aromatic carbocycles. The van der Waals surface area contributed by atoms with Crippen molar-refractivity contribution in [2.75, 3.05) is 19.8 Å². The van der Waals surface area contributed by atoms with Crippen LogP contribution in [0.15, 0.2) is 34.5 Å². The summed E-state index contributed by atoms with van der Waals surface area (Å²) in [6.45, 7) is 9.06. The van der Waals surface area contributed by atoms with Crippen LogP contribution in [0.1, 0.15) is 52.0 Å². The van der Waals surface area contributed by atoms with Crippen molar-refractivity contribution in [2.24, 2.45) is 16.3 Å². The normalized spacial score (nSPS) is 25.2. The van der Waals surface area contributed by atoms with Gasteiger partial charge in [-0.2, -0.15) is 0 Å². The van der Waals surface area contributed by atoms with Crippen molar-refractivity contribution in [1.29, 1.82) is 0 Å². The molecule has 0 saturated carbocycles. The van der Waals surface area contributed by atoms with Crippen molar-refractivity contribution in [3.8, 4) is 11.5 Å². The molecule has 0 fully saturated rings. The van der Waals surface area contributed by atoms with Gasteiger partial charge in [0.2, 0.25) is 0 Å². The Labute approximate surface area is 170 Å². The second-order valence-electron chi connectivity index (χ2n) is 8.66. The lowest BCUT2D eigenvalue weighted by molar-refractivity contribution is -0.146. The predicted molar refractivity (Wildman–Crippen MR) is 108 cm³/mol. The van der Waals surface area contributed by atoms with Crippen molar-refractivity contribution < 1.29 is 23.8 Å². The molecule has 29 heavy (non-hydrogen) atoms. The highest BCUT2D eigenvalue weighted by atomic mass is 16.6. The Balaban J connectivity index is 1.85. The standard InChI is InChI=1S/C23H27NO5/c1-5-27-22(26)19-13(2)24-15-11-23(3,4)12-16(25)21(15)20(19)14-6-7-17-18(10-14)29-9-8-28-17/h6-7,10,19-20H,5,8-9,11-12H2,1-4H3/t19?,20-/m0/s1. The van der Waals surface area contributed by atoms with E-state index in [0.717, 1.165) is 11.3 Å². The summed E-state index contributed by atoms with van der Waals surface area (Å²) in [5.41, 5.74) is 2.83. The van der Waals surface area contributed by atoms with Gasteiger partial charge in [-0.1, -0.05) is 19.9 Å². The number of ketones is 1. The average Bonchev–Trinajstić information content (AvgIpc) is 2.65. The zero-order valence-corrected chi connectivity index (χ0v) is 17.4. The number of esters is 1. The topological polar surface area (TPSA) is 74.2 Å². The quantitative estimate of drug-likeness (QED) is 0.725. The number of hydrogen-bond acceptors (Lipinski definition) is 6. The van der Waals surface area contributed by atoms with Crippen LogP contribution in [-0.2, 0) is 14.3 Å². The van der Waals surface area contributed by atoms with Gasteiger partial charge >= 0.3 is 5.97 Å². The molecule has 2 atom stereocenters. The van der Waals surface area contributed by atoms with Crippen LogP contribution in [0, 0.1) is 11.3 Å². The molecule has 1 aliphatic carbocycles. The Hall–Kier alpha value is -2.63. The molecule has 0 saturated heterocycles. The van der Waals surface area contributed by atoms with Crippen LogP contribution < -0.4 is 9.47 Å². The van der Waals surface area contributed by atoms with E-state index >= 15 is 0 Å².